The average molecular weight is 159 g/mol. The summed E-state index contributed by atoms with van der Waals surface area (Å²) in [6, 6.07) is 2.43. The SMILES string of the molecule is CC(C)c1ccn(CCl)n1. The Hall–Kier alpha value is -0.500. The molecule has 0 aromatic carbocycles. The van der Waals surface area contributed by atoms with Crippen molar-refractivity contribution >= 4 is 11.6 Å². The number of alkyl halides is 1. The third kappa shape index (κ3) is 1.51. The van der Waals surface area contributed by atoms with E-state index in [1.807, 2.05) is 12.3 Å². The van der Waals surface area contributed by atoms with E-state index in [0.29, 0.717) is 11.9 Å². The molecule has 0 radical (unpaired) electrons. The van der Waals surface area contributed by atoms with Gasteiger partial charge in [0.1, 0.15) is 6.00 Å². The molecule has 0 aliphatic rings. The summed E-state index contributed by atoms with van der Waals surface area (Å²) in [6.45, 7) is 4.22. The van der Waals surface area contributed by atoms with Crippen molar-refractivity contribution in [2.24, 2.45) is 0 Å². The molecule has 1 rings (SSSR count). The van der Waals surface area contributed by atoms with Crippen LogP contribution in [0, 0.1) is 0 Å². The predicted molar refractivity (Wildman–Crippen MR) is 42.2 cm³/mol. The third-order valence-corrected chi connectivity index (χ3v) is 1.62. The van der Waals surface area contributed by atoms with Crippen molar-refractivity contribution in [3.8, 4) is 0 Å². The van der Waals surface area contributed by atoms with Gasteiger partial charge in [-0.05, 0) is 12.0 Å². The van der Waals surface area contributed by atoms with Crippen LogP contribution in [0.1, 0.15) is 25.5 Å². The van der Waals surface area contributed by atoms with Crippen LogP contribution in [0.4, 0.5) is 0 Å². The van der Waals surface area contributed by atoms with Crippen LogP contribution < -0.4 is 0 Å². The van der Waals surface area contributed by atoms with Gasteiger partial charge in [0.2, 0.25) is 0 Å². The monoisotopic (exact) mass is 158 g/mol. The zero-order chi connectivity index (χ0) is 7.56. The number of halogens is 1. The minimum atomic E-state index is 0.437. The lowest BCUT2D eigenvalue weighted by atomic mass is 10.1. The van der Waals surface area contributed by atoms with Crippen LogP contribution in [0.3, 0.4) is 0 Å². The highest BCUT2D eigenvalue weighted by Crippen LogP contribution is 2.10. The molecule has 0 saturated carbocycles. The molecule has 56 valence electrons. The largest absolute Gasteiger partial charge is 0.258 e. The standard InChI is InChI=1S/C7H11ClN2/c1-6(2)7-3-4-10(5-8)9-7/h3-4,6H,5H2,1-2H3. The molecule has 0 saturated heterocycles. The summed E-state index contributed by atoms with van der Waals surface area (Å²) in [5.74, 6) is 0.490. The Morgan fingerprint density at radius 2 is 2.40 bits per heavy atom. The lowest BCUT2D eigenvalue weighted by Gasteiger charge is -1.96. The molecule has 0 N–H and O–H groups in total. The van der Waals surface area contributed by atoms with Gasteiger partial charge in [0.05, 0.1) is 5.69 Å². The zero-order valence-electron chi connectivity index (χ0n) is 6.21. The Morgan fingerprint density at radius 3 is 2.70 bits per heavy atom. The fourth-order valence-electron chi connectivity index (χ4n) is 0.752. The van der Waals surface area contributed by atoms with E-state index in [1.54, 1.807) is 4.68 Å². The van der Waals surface area contributed by atoms with E-state index in [1.165, 1.54) is 0 Å². The molecule has 1 aromatic rings. The first kappa shape index (κ1) is 7.61. The van der Waals surface area contributed by atoms with Gasteiger partial charge in [-0.3, -0.25) is 4.68 Å². The number of hydrogen-bond acceptors (Lipinski definition) is 1. The van der Waals surface area contributed by atoms with Crippen LogP contribution in [0.2, 0.25) is 0 Å². The average Bonchev–Trinajstić information content (AvgIpc) is 2.34. The Bertz CT molecular complexity index is 205. The maximum absolute atomic E-state index is 5.55. The van der Waals surface area contributed by atoms with Crippen molar-refractivity contribution in [3.05, 3.63) is 18.0 Å². The molecule has 3 heteroatoms. The molecule has 1 aromatic heterocycles. The van der Waals surface area contributed by atoms with Crippen molar-refractivity contribution in [2.45, 2.75) is 25.8 Å². The summed E-state index contributed by atoms with van der Waals surface area (Å²) in [7, 11) is 0. The molecular formula is C7H11ClN2. The summed E-state index contributed by atoms with van der Waals surface area (Å²) in [6.07, 6.45) is 1.89. The zero-order valence-corrected chi connectivity index (χ0v) is 6.97. The van der Waals surface area contributed by atoms with Crippen molar-refractivity contribution in [2.75, 3.05) is 0 Å². The molecule has 0 fully saturated rings. The van der Waals surface area contributed by atoms with Crippen LogP contribution in [0.25, 0.3) is 0 Å². The number of aromatic nitrogens is 2. The highest BCUT2D eigenvalue weighted by atomic mass is 35.5. The molecular weight excluding hydrogens is 148 g/mol. The first-order valence-corrected chi connectivity index (χ1v) is 3.87. The Kier molecular flexibility index (Phi) is 2.33. The van der Waals surface area contributed by atoms with Gasteiger partial charge in [0.15, 0.2) is 0 Å². The van der Waals surface area contributed by atoms with Crippen LogP contribution in [0.5, 0.6) is 0 Å². The van der Waals surface area contributed by atoms with E-state index in [0.717, 1.165) is 5.69 Å². The molecule has 0 unspecified atom stereocenters. The first-order chi connectivity index (χ1) is 4.74. The van der Waals surface area contributed by atoms with Crippen LogP contribution >= 0.6 is 11.6 Å². The summed E-state index contributed by atoms with van der Waals surface area (Å²) >= 11 is 5.55. The van der Waals surface area contributed by atoms with Gasteiger partial charge in [-0.1, -0.05) is 13.8 Å². The Morgan fingerprint density at radius 1 is 1.70 bits per heavy atom. The van der Waals surface area contributed by atoms with Crippen LogP contribution in [0.15, 0.2) is 12.3 Å². The second-order valence-electron chi connectivity index (χ2n) is 2.55. The fourth-order valence-corrected chi connectivity index (χ4v) is 0.885. The van der Waals surface area contributed by atoms with Crippen LogP contribution in [-0.4, -0.2) is 9.78 Å². The van der Waals surface area contributed by atoms with Crippen molar-refractivity contribution in [1.82, 2.24) is 9.78 Å². The predicted octanol–water partition coefficient (Wildman–Crippen LogP) is 2.20. The van der Waals surface area contributed by atoms with Gasteiger partial charge in [0, 0.05) is 6.20 Å². The minimum Gasteiger partial charge on any atom is -0.258 e. The summed E-state index contributed by atoms with van der Waals surface area (Å²) in [5, 5.41) is 4.21. The maximum atomic E-state index is 5.55. The molecule has 0 aliphatic carbocycles. The Labute approximate surface area is 65.8 Å². The van der Waals surface area contributed by atoms with Crippen molar-refractivity contribution in [1.29, 1.82) is 0 Å². The molecule has 0 aliphatic heterocycles. The van der Waals surface area contributed by atoms with Crippen molar-refractivity contribution in [3.63, 3.8) is 0 Å². The lowest BCUT2D eigenvalue weighted by Crippen LogP contribution is -1.95. The molecule has 0 atom stereocenters. The van der Waals surface area contributed by atoms with Crippen LogP contribution in [-0.2, 0) is 6.00 Å². The third-order valence-electron chi connectivity index (χ3n) is 1.38. The molecule has 0 bridgehead atoms. The van der Waals surface area contributed by atoms with E-state index in [-0.39, 0.29) is 0 Å². The van der Waals surface area contributed by atoms with E-state index in [2.05, 4.69) is 18.9 Å². The fraction of sp³-hybridized carbons (Fsp3) is 0.571. The first-order valence-electron chi connectivity index (χ1n) is 3.33. The van der Waals surface area contributed by atoms with E-state index < -0.39 is 0 Å². The van der Waals surface area contributed by atoms with Gasteiger partial charge in [-0.15, -0.1) is 11.6 Å². The molecule has 1 heterocycles. The molecule has 0 amide bonds. The van der Waals surface area contributed by atoms with Gasteiger partial charge in [-0.2, -0.15) is 5.10 Å². The maximum Gasteiger partial charge on any atom is 0.115 e. The molecule has 10 heavy (non-hydrogen) atoms. The lowest BCUT2D eigenvalue weighted by molar-refractivity contribution is 0.698. The normalized spacial score (nSPS) is 10.8. The number of hydrogen-bond donors (Lipinski definition) is 0. The Balaban J connectivity index is 2.78. The topological polar surface area (TPSA) is 17.8 Å². The highest BCUT2D eigenvalue weighted by Gasteiger charge is 2.01. The van der Waals surface area contributed by atoms with E-state index in [4.69, 9.17) is 11.6 Å². The quantitative estimate of drug-likeness (QED) is 0.604. The molecule has 0 spiro atoms. The van der Waals surface area contributed by atoms with Crippen molar-refractivity contribution < 1.29 is 0 Å². The summed E-state index contributed by atoms with van der Waals surface area (Å²) < 4.78 is 1.72. The molecule has 2 nitrogen and oxygen atoms in total. The second-order valence-corrected chi connectivity index (χ2v) is 2.79. The highest BCUT2D eigenvalue weighted by molar-refractivity contribution is 6.15. The summed E-state index contributed by atoms with van der Waals surface area (Å²) in [5.41, 5.74) is 1.10. The van der Waals surface area contributed by atoms with E-state index in [9.17, 15) is 0 Å². The van der Waals surface area contributed by atoms with E-state index >= 15 is 0 Å². The summed E-state index contributed by atoms with van der Waals surface area (Å²) in [4.78, 5) is 0. The van der Waals surface area contributed by atoms with Gasteiger partial charge >= 0.3 is 0 Å². The number of nitrogens with zero attached hydrogens (tertiary/aromatic N) is 2. The van der Waals surface area contributed by atoms with Gasteiger partial charge < -0.3 is 0 Å². The smallest absolute Gasteiger partial charge is 0.115 e. The minimum absolute atomic E-state index is 0.437. The second kappa shape index (κ2) is 3.06. The van der Waals surface area contributed by atoms with Gasteiger partial charge in [-0.25, -0.2) is 0 Å². The van der Waals surface area contributed by atoms with Gasteiger partial charge in [0.25, 0.3) is 0 Å². The number of rotatable bonds is 2.